The lowest BCUT2D eigenvalue weighted by Crippen LogP contribution is -2.25. The fraction of sp³-hybridized carbons (Fsp3) is 0. The molecule has 0 unspecified atom stereocenters. The highest BCUT2D eigenvalue weighted by atomic mass is 35.5. The average Bonchev–Trinajstić information content (AvgIpc) is 2.28. The van der Waals surface area contributed by atoms with E-state index in [2.05, 4.69) is 5.10 Å². The minimum Gasteiger partial charge on any atom is -0.0843 e. The summed E-state index contributed by atoms with van der Waals surface area (Å²) in [6.07, 6.45) is 5.52. The Morgan fingerprint density at radius 3 is 2.60 bits per heavy atom. The van der Waals surface area contributed by atoms with Crippen molar-refractivity contribution in [1.82, 2.24) is 0 Å². The van der Waals surface area contributed by atoms with E-state index in [0.717, 1.165) is 10.6 Å². The molecule has 0 atom stereocenters. The van der Waals surface area contributed by atoms with Crippen molar-refractivity contribution in [3.8, 4) is 0 Å². The Kier molecular flexibility index (Phi) is 3.10. The smallest absolute Gasteiger partial charge is 0.0843 e. The van der Waals surface area contributed by atoms with E-state index in [4.69, 9.17) is 11.6 Å². The second-order valence-electron chi connectivity index (χ2n) is 3.06. The molecule has 0 N–H and O–H groups in total. The Bertz CT molecular complexity index is 466. The summed E-state index contributed by atoms with van der Waals surface area (Å²) in [6, 6.07) is 13.4. The van der Waals surface area contributed by atoms with E-state index in [1.165, 1.54) is 0 Å². The fourth-order valence-corrected chi connectivity index (χ4v) is 1.39. The van der Waals surface area contributed by atoms with Crippen molar-refractivity contribution in [2.45, 2.75) is 0 Å². The van der Waals surface area contributed by atoms with Crippen LogP contribution in [0.1, 0.15) is 5.56 Å². The molecule has 0 radical (unpaired) electrons. The second-order valence-corrected chi connectivity index (χ2v) is 3.49. The van der Waals surface area contributed by atoms with Crippen molar-refractivity contribution in [3.05, 3.63) is 65.4 Å². The van der Waals surface area contributed by atoms with Gasteiger partial charge in [-0.3, -0.25) is 0 Å². The summed E-state index contributed by atoms with van der Waals surface area (Å²) in [5.41, 5.74) is 0.985. The van der Waals surface area contributed by atoms with Crippen LogP contribution in [0.25, 0.3) is 0 Å². The van der Waals surface area contributed by atoms with Crippen LogP contribution < -0.4 is 4.68 Å². The molecule has 2 nitrogen and oxygen atoms in total. The van der Waals surface area contributed by atoms with E-state index in [1.807, 2.05) is 54.9 Å². The molecule has 0 spiro atoms. The summed E-state index contributed by atoms with van der Waals surface area (Å²) < 4.78 is 1.74. The molecule has 0 amide bonds. The number of hydrogen-bond acceptors (Lipinski definition) is 1. The summed E-state index contributed by atoms with van der Waals surface area (Å²) in [4.78, 5) is 0. The van der Waals surface area contributed by atoms with Crippen LogP contribution in [0, 0.1) is 0 Å². The van der Waals surface area contributed by atoms with Crippen molar-refractivity contribution in [1.29, 1.82) is 0 Å². The summed E-state index contributed by atoms with van der Waals surface area (Å²) >= 11 is 5.86. The Balaban J connectivity index is 2.19. The van der Waals surface area contributed by atoms with Gasteiger partial charge in [0, 0.05) is 22.7 Å². The molecule has 1 aromatic heterocycles. The molecule has 1 heterocycles. The molecule has 3 heteroatoms. The first-order valence-corrected chi connectivity index (χ1v) is 4.98. The van der Waals surface area contributed by atoms with Crippen LogP contribution in [0.15, 0.2) is 60.0 Å². The largest absolute Gasteiger partial charge is 0.202 e. The molecule has 0 aliphatic heterocycles. The third kappa shape index (κ3) is 2.89. The van der Waals surface area contributed by atoms with Gasteiger partial charge >= 0.3 is 0 Å². The number of nitrogens with zero attached hydrogens (tertiary/aromatic N) is 2. The number of aromatic nitrogens is 1. The van der Waals surface area contributed by atoms with Crippen molar-refractivity contribution in [2.24, 2.45) is 5.10 Å². The minimum absolute atomic E-state index is 0.719. The summed E-state index contributed by atoms with van der Waals surface area (Å²) in [7, 11) is 0. The lowest BCUT2D eigenvalue weighted by atomic mass is 10.2. The quantitative estimate of drug-likeness (QED) is 0.543. The monoisotopic (exact) mass is 217 g/mol. The zero-order valence-corrected chi connectivity index (χ0v) is 8.80. The van der Waals surface area contributed by atoms with Crippen LogP contribution in [0.2, 0.25) is 5.02 Å². The van der Waals surface area contributed by atoms with Gasteiger partial charge < -0.3 is 0 Å². The van der Waals surface area contributed by atoms with Crippen LogP contribution in [0.4, 0.5) is 0 Å². The topological polar surface area (TPSA) is 16.2 Å². The van der Waals surface area contributed by atoms with Crippen molar-refractivity contribution in [2.75, 3.05) is 0 Å². The molecular weight excluding hydrogens is 208 g/mol. The SMILES string of the molecule is Clc1cccc(/C=N/[n+]2ccccc2)c1. The van der Waals surface area contributed by atoms with Crippen LogP contribution >= 0.6 is 11.6 Å². The zero-order chi connectivity index (χ0) is 10.5. The van der Waals surface area contributed by atoms with Gasteiger partial charge in [-0.05, 0) is 17.2 Å². The molecule has 0 aliphatic carbocycles. The third-order valence-electron chi connectivity index (χ3n) is 1.89. The Morgan fingerprint density at radius 2 is 1.87 bits per heavy atom. The molecule has 0 fully saturated rings. The molecule has 2 aromatic rings. The van der Waals surface area contributed by atoms with Gasteiger partial charge in [0.1, 0.15) is 6.21 Å². The summed E-state index contributed by atoms with van der Waals surface area (Å²) in [6.45, 7) is 0. The maximum Gasteiger partial charge on any atom is 0.202 e. The molecule has 1 aromatic carbocycles. The minimum atomic E-state index is 0.719. The van der Waals surface area contributed by atoms with Crippen molar-refractivity contribution < 1.29 is 4.68 Å². The van der Waals surface area contributed by atoms with Gasteiger partial charge in [0.15, 0.2) is 0 Å². The van der Waals surface area contributed by atoms with Gasteiger partial charge in [-0.2, -0.15) is 0 Å². The molecule has 0 aliphatic rings. The van der Waals surface area contributed by atoms with E-state index in [0.29, 0.717) is 0 Å². The molecule has 2 rings (SSSR count). The van der Waals surface area contributed by atoms with E-state index in [9.17, 15) is 0 Å². The highest BCUT2D eigenvalue weighted by molar-refractivity contribution is 6.30. The van der Waals surface area contributed by atoms with Crippen molar-refractivity contribution in [3.63, 3.8) is 0 Å². The average molecular weight is 218 g/mol. The van der Waals surface area contributed by atoms with Gasteiger partial charge in [-0.25, -0.2) is 0 Å². The molecule has 74 valence electrons. The number of benzene rings is 1. The highest BCUT2D eigenvalue weighted by Gasteiger charge is 1.93. The molecular formula is C12H10ClN2+. The third-order valence-corrected chi connectivity index (χ3v) is 2.12. The predicted molar refractivity (Wildman–Crippen MR) is 61.1 cm³/mol. The maximum atomic E-state index is 5.86. The van der Waals surface area contributed by atoms with Gasteiger partial charge in [0.25, 0.3) is 0 Å². The maximum absolute atomic E-state index is 5.86. The predicted octanol–water partition coefficient (Wildman–Crippen LogP) is 2.51. The Hall–Kier alpha value is -1.67. The molecule has 15 heavy (non-hydrogen) atoms. The number of halogens is 1. The zero-order valence-electron chi connectivity index (χ0n) is 8.05. The van der Waals surface area contributed by atoms with Gasteiger partial charge in [-0.15, -0.1) is 0 Å². The first-order valence-electron chi connectivity index (χ1n) is 4.61. The summed E-state index contributed by atoms with van der Waals surface area (Å²) in [5.74, 6) is 0. The van der Waals surface area contributed by atoms with E-state index < -0.39 is 0 Å². The molecule has 0 bridgehead atoms. The number of rotatable bonds is 2. The van der Waals surface area contributed by atoms with Gasteiger partial charge in [0.2, 0.25) is 12.4 Å². The van der Waals surface area contributed by atoms with Gasteiger partial charge in [-0.1, -0.05) is 34.5 Å². The lowest BCUT2D eigenvalue weighted by molar-refractivity contribution is -0.678. The second kappa shape index (κ2) is 4.71. The summed E-state index contributed by atoms with van der Waals surface area (Å²) in [5, 5.41) is 4.97. The highest BCUT2D eigenvalue weighted by Crippen LogP contribution is 2.08. The fourth-order valence-electron chi connectivity index (χ4n) is 1.19. The Labute approximate surface area is 93.5 Å². The number of pyridine rings is 1. The van der Waals surface area contributed by atoms with Crippen LogP contribution in [0.5, 0.6) is 0 Å². The van der Waals surface area contributed by atoms with E-state index in [1.54, 1.807) is 10.9 Å². The number of hydrogen-bond donors (Lipinski definition) is 0. The van der Waals surface area contributed by atoms with Gasteiger partial charge in [0.05, 0.1) is 0 Å². The van der Waals surface area contributed by atoms with E-state index >= 15 is 0 Å². The van der Waals surface area contributed by atoms with Crippen molar-refractivity contribution >= 4 is 17.8 Å². The normalized spacial score (nSPS) is 10.7. The first-order chi connectivity index (χ1) is 7.34. The first kappa shape index (κ1) is 9.87. The van der Waals surface area contributed by atoms with E-state index in [-0.39, 0.29) is 0 Å². The molecule has 0 saturated heterocycles. The molecule has 0 saturated carbocycles. The standard InChI is InChI=1S/C12H10ClN2/c13-12-6-4-5-11(9-12)10-14-15-7-2-1-3-8-15/h1-10H/q+1/b14-10+. The van der Waals surface area contributed by atoms with Crippen LogP contribution in [-0.2, 0) is 0 Å². The Morgan fingerprint density at radius 1 is 1.07 bits per heavy atom. The van der Waals surface area contributed by atoms with Crippen LogP contribution in [-0.4, -0.2) is 6.21 Å². The lowest BCUT2D eigenvalue weighted by Gasteiger charge is -1.91. The van der Waals surface area contributed by atoms with Crippen LogP contribution in [0.3, 0.4) is 0 Å².